The summed E-state index contributed by atoms with van der Waals surface area (Å²) < 4.78 is 0. The molecule has 0 aliphatic carbocycles. The molecule has 0 saturated carbocycles. The first kappa shape index (κ1) is 11.2. The van der Waals surface area contributed by atoms with Gasteiger partial charge >= 0.3 is 0 Å². The predicted octanol–water partition coefficient (Wildman–Crippen LogP) is 2.82. The number of aromatic nitrogens is 1. The summed E-state index contributed by atoms with van der Waals surface area (Å²) in [5.74, 6) is 0. The van der Waals surface area contributed by atoms with Crippen molar-refractivity contribution in [2.45, 2.75) is 0 Å². The van der Waals surface area contributed by atoms with Crippen molar-refractivity contribution in [1.82, 2.24) is 10.3 Å². The number of thiocarbonyl (C=S) groups is 1. The van der Waals surface area contributed by atoms with Crippen LogP contribution in [0.4, 0.5) is 5.69 Å². The Hall–Kier alpha value is -0.840. The van der Waals surface area contributed by atoms with Gasteiger partial charge in [0.2, 0.25) is 0 Å². The monoisotopic (exact) mass is 247 g/mol. The topological polar surface area (TPSA) is 37.0 Å². The van der Waals surface area contributed by atoms with Crippen molar-refractivity contribution in [3.8, 4) is 0 Å². The Morgan fingerprint density at radius 1 is 1.57 bits per heavy atom. The molecule has 1 heterocycles. The third-order valence-electron chi connectivity index (χ3n) is 1.30. The second-order valence-corrected chi connectivity index (χ2v) is 3.49. The molecule has 0 bridgehead atoms. The average Bonchev–Trinajstić information content (AvgIpc) is 2.10. The van der Waals surface area contributed by atoms with Crippen LogP contribution in [0.2, 0.25) is 10.2 Å². The maximum atomic E-state index is 5.87. The number of anilines is 1. The highest BCUT2D eigenvalue weighted by molar-refractivity contribution is 7.80. The van der Waals surface area contributed by atoms with E-state index >= 15 is 0 Å². The van der Waals surface area contributed by atoms with Gasteiger partial charge in [-0.2, -0.15) is 0 Å². The van der Waals surface area contributed by atoms with Crippen LogP contribution in [-0.2, 0) is 0 Å². The molecule has 1 aromatic rings. The molecule has 0 aromatic carbocycles. The number of nitrogens with one attached hydrogen (secondary N) is 2. The Labute approximate surface area is 97.1 Å². The van der Waals surface area contributed by atoms with Crippen LogP contribution in [0.15, 0.2) is 25.0 Å². The van der Waals surface area contributed by atoms with Gasteiger partial charge in [-0.1, -0.05) is 29.8 Å². The highest BCUT2D eigenvalue weighted by atomic mass is 35.5. The van der Waals surface area contributed by atoms with Gasteiger partial charge in [0.15, 0.2) is 5.11 Å². The molecule has 74 valence electrons. The number of rotatable bonds is 2. The second kappa shape index (κ2) is 5.14. The van der Waals surface area contributed by atoms with E-state index in [1.165, 1.54) is 18.5 Å². The molecule has 0 spiro atoms. The summed E-state index contributed by atoms with van der Waals surface area (Å²) in [6.45, 7) is 3.47. The van der Waals surface area contributed by atoms with E-state index < -0.39 is 0 Å². The molecule has 2 N–H and O–H groups in total. The van der Waals surface area contributed by atoms with E-state index in [4.69, 9.17) is 35.4 Å². The molecule has 1 aromatic heterocycles. The molecule has 0 radical (unpaired) electrons. The minimum Gasteiger partial charge on any atom is -0.340 e. The van der Waals surface area contributed by atoms with Crippen molar-refractivity contribution in [2.24, 2.45) is 0 Å². The van der Waals surface area contributed by atoms with E-state index in [1.807, 2.05) is 0 Å². The summed E-state index contributed by atoms with van der Waals surface area (Å²) in [4.78, 5) is 3.86. The van der Waals surface area contributed by atoms with Crippen LogP contribution in [0.1, 0.15) is 0 Å². The van der Waals surface area contributed by atoms with E-state index in [9.17, 15) is 0 Å². The number of nitrogens with zero attached hydrogens (tertiary/aromatic N) is 1. The smallest absolute Gasteiger partial charge is 0.174 e. The third kappa shape index (κ3) is 3.14. The molecule has 6 heteroatoms. The van der Waals surface area contributed by atoms with Crippen molar-refractivity contribution in [1.29, 1.82) is 0 Å². The molecule has 0 amide bonds. The van der Waals surface area contributed by atoms with Gasteiger partial charge < -0.3 is 10.6 Å². The summed E-state index contributed by atoms with van der Waals surface area (Å²) in [7, 11) is 0. The Bertz CT molecular complexity index is 368. The zero-order valence-corrected chi connectivity index (χ0v) is 9.38. The SMILES string of the molecule is C=CNC(=S)Nc1cnc(Cl)cc1Cl. The van der Waals surface area contributed by atoms with Gasteiger partial charge in [0, 0.05) is 0 Å². The van der Waals surface area contributed by atoms with Gasteiger partial charge in [0.1, 0.15) is 5.15 Å². The van der Waals surface area contributed by atoms with Crippen LogP contribution < -0.4 is 10.6 Å². The number of pyridine rings is 1. The average molecular weight is 248 g/mol. The van der Waals surface area contributed by atoms with Gasteiger partial charge in [-0.25, -0.2) is 4.98 Å². The molecule has 0 aliphatic rings. The number of hydrogen-bond donors (Lipinski definition) is 2. The Morgan fingerprint density at radius 2 is 2.29 bits per heavy atom. The summed E-state index contributed by atoms with van der Waals surface area (Å²) >= 11 is 16.4. The third-order valence-corrected chi connectivity index (χ3v) is 2.04. The molecular weight excluding hydrogens is 241 g/mol. The zero-order valence-electron chi connectivity index (χ0n) is 7.05. The summed E-state index contributed by atoms with van der Waals surface area (Å²) in [5.41, 5.74) is 0.593. The van der Waals surface area contributed by atoms with E-state index in [-0.39, 0.29) is 0 Å². The molecule has 14 heavy (non-hydrogen) atoms. The molecule has 0 fully saturated rings. The fourth-order valence-electron chi connectivity index (χ4n) is 0.751. The van der Waals surface area contributed by atoms with Crippen molar-refractivity contribution < 1.29 is 0 Å². The van der Waals surface area contributed by atoms with E-state index in [0.29, 0.717) is 21.0 Å². The van der Waals surface area contributed by atoms with Crippen LogP contribution >= 0.6 is 35.4 Å². The lowest BCUT2D eigenvalue weighted by Gasteiger charge is -2.08. The van der Waals surface area contributed by atoms with E-state index in [2.05, 4.69) is 22.2 Å². The molecule has 3 nitrogen and oxygen atoms in total. The lowest BCUT2D eigenvalue weighted by molar-refractivity contribution is 1.28. The fourth-order valence-corrected chi connectivity index (χ4v) is 1.36. The predicted molar refractivity (Wildman–Crippen MR) is 63.8 cm³/mol. The van der Waals surface area contributed by atoms with Crippen LogP contribution in [0, 0.1) is 0 Å². The highest BCUT2D eigenvalue weighted by Crippen LogP contribution is 2.22. The Morgan fingerprint density at radius 3 is 2.86 bits per heavy atom. The number of halogens is 2. The molecule has 0 atom stereocenters. The van der Waals surface area contributed by atoms with E-state index in [1.54, 1.807) is 0 Å². The van der Waals surface area contributed by atoms with Gasteiger partial charge in [0.05, 0.1) is 16.9 Å². The lowest BCUT2D eigenvalue weighted by atomic mass is 10.4. The van der Waals surface area contributed by atoms with Crippen molar-refractivity contribution in [3.05, 3.63) is 35.2 Å². The van der Waals surface area contributed by atoms with Crippen molar-refractivity contribution >= 4 is 46.2 Å². The summed E-state index contributed by atoms with van der Waals surface area (Å²) in [5, 5.41) is 6.72. The van der Waals surface area contributed by atoms with Gasteiger partial charge in [-0.3, -0.25) is 0 Å². The van der Waals surface area contributed by atoms with Crippen molar-refractivity contribution in [3.63, 3.8) is 0 Å². The molecule has 0 unspecified atom stereocenters. The zero-order chi connectivity index (χ0) is 10.6. The Balaban J connectivity index is 2.76. The quantitative estimate of drug-likeness (QED) is 0.623. The minimum absolute atomic E-state index is 0.336. The standard InChI is InChI=1S/C8H7Cl2N3S/c1-2-11-8(14)13-6-4-12-7(10)3-5(6)9/h2-4H,1H2,(H2,11,13,14). The van der Waals surface area contributed by atoms with Crippen molar-refractivity contribution in [2.75, 3.05) is 5.32 Å². The van der Waals surface area contributed by atoms with Gasteiger partial charge in [-0.05, 0) is 24.5 Å². The first-order chi connectivity index (χ1) is 6.63. The largest absolute Gasteiger partial charge is 0.340 e. The molecular formula is C8H7Cl2N3S. The highest BCUT2D eigenvalue weighted by Gasteiger charge is 2.02. The lowest BCUT2D eigenvalue weighted by Crippen LogP contribution is -2.23. The maximum Gasteiger partial charge on any atom is 0.174 e. The normalized spacial score (nSPS) is 9.29. The second-order valence-electron chi connectivity index (χ2n) is 2.29. The van der Waals surface area contributed by atoms with Gasteiger partial charge in [0.25, 0.3) is 0 Å². The minimum atomic E-state index is 0.336. The summed E-state index contributed by atoms with van der Waals surface area (Å²) in [6, 6.07) is 1.53. The van der Waals surface area contributed by atoms with Crippen LogP contribution in [-0.4, -0.2) is 10.1 Å². The fraction of sp³-hybridized carbons (Fsp3) is 0. The van der Waals surface area contributed by atoms with Gasteiger partial charge in [-0.15, -0.1) is 0 Å². The van der Waals surface area contributed by atoms with Crippen LogP contribution in [0.5, 0.6) is 0 Å². The first-order valence-electron chi connectivity index (χ1n) is 3.63. The first-order valence-corrected chi connectivity index (χ1v) is 4.79. The Kier molecular flexibility index (Phi) is 4.13. The van der Waals surface area contributed by atoms with E-state index in [0.717, 1.165) is 0 Å². The molecule has 1 rings (SSSR count). The van der Waals surface area contributed by atoms with Crippen LogP contribution in [0.3, 0.4) is 0 Å². The molecule has 0 saturated heterocycles. The number of hydrogen-bond acceptors (Lipinski definition) is 2. The molecule has 0 aliphatic heterocycles. The maximum absolute atomic E-state index is 5.87. The summed E-state index contributed by atoms with van der Waals surface area (Å²) in [6.07, 6.45) is 2.97. The van der Waals surface area contributed by atoms with Crippen LogP contribution in [0.25, 0.3) is 0 Å².